The molecule has 0 bridgehead atoms. The van der Waals surface area contributed by atoms with Crippen molar-refractivity contribution in [1.29, 1.82) is 5.26 Å². The Morgan fingerprint density at radius 3 is 2.22 bits per heavy atom. The molecule has 1 aromatic carbocycles. The molecule has 2 unspecified atom stereocenters. The fraction of sp³-hybridized carbons (Fsp3) is 0.444. The minimum atomic E-state index is -1.68. The van der Waals surface area contributed by atoms with Crippen LogP contribution in [0.2, 0.25) is 0 Å². The van der Waals surface area contributed by atoms with Crippen molar-refractivity contribution in [1.82, 2.24) is 0 Å². The number of allylic oxidation sites excluding steroid dienone is 2. The first kappa shape index (κ1) is 21.2. The van der Waals surface area contributed by atoms with Gasteiger partial charge < -0.3 is 9.84 Å². The second kappa shape index (κ2) is 7.87. The lowest BCUT2D eigenvalue weighted by molar-refractivity contribution is -0.147. The van der Waals surface area contributed by atoms with Gasteiger partial charge >= 0.3 is 5.97 Å². The number of ether oxygens (including phenoxy) is 1. The average Bonchev–Trinajstić information content (AvgIpc) is 3.16. The third kappa shape index (κ3) is 3.94. The summed E-state index contributed by atoms with van der Waals surface area (Å²) >= 11 is 5.63. The molecule has 1 fully saturated rings. The molecule has 1 aliphatic carbocycles. The zero-order valence-electron chi connectivity index (χ0n) is 14.5. The highest BCUT2D eigenvalue weighted by atomic mass is 35.5. The van der Waals surface area contributed by atoms with Crippen LogP contribution in [0.4, 0.5) is 17.6 Å². The van der Waals surface area contributed by atoms with Crippen LogP contribution >= 0.6 is 11.6 Å². The van der Waals surface area contributed by atoms with Gasteiger partial charge in [-0.3, -0.25) is 4.79 Å². The van der Waals surface area contributed by atoms with E-state index in [9.17, 15) is 22.4 Å². The molecule has 1 aliphatic rings. The molecular formula is C18H16ClF4NO3. The van der Waals surface area contributed by atoms with E-state index in [1.54, 1.807) is 19.9 Å². The number of nitriles is 1. The maximum atomic E-state index is 14.0. The number of benzene rings is 1. The first-order valence-corrected chi connectivity index (χ1v) is 8.34. The van der Waals surface area contributed by atoms with Crippen molar-refractivity contribution in [2.24, 2.45) is 17.3 Å². The number of hydrogen-bond acceptors (Lipinski definition) is 4. The molecule has 1 N–H and O–H groups in total. The van der Waals surface area contributed by atoms with Crippen LogP contribution in [0.5, 0.6) is 0 Å². The highest BCUT2D eigenvalue weighted by Gasteiger charge is 2.61. The number of esters is 1. The average molecular weight is 406 g/mol. The minimum Gasteiger partial charge on any atom is -0.460 e. The number of carbonyl (C=O) groups excluding carboxylic acids is 1. The number of aliphatic hydroxyl groups is 1. The van der Waals surface area contributed by atoms with Crippen LogP contribution in [-0.4, -0.2) is 17.7 Å². The number of rotatable bonds is 6. The largest absolute Gasteiger partial charge is 0.460 e. The van der Waals surface area contributed by atoms with Gasteiger partial charge in [0.1, 0.15) is 17.7 Å². The summed E-state index contributed by atoms with van der Waals surface area (Å²) in [6.07, 6.45) is 0.785. The van der Waals surface area contributed by atoms with Gasteiger partial charge in [0.05, 0.1) is 11.5 Å². The van der Waals surface area contributed by atoms with Crippen molar-refractivity contribution in [3.8, 4) is 6.07 Å². The van der Waals surface area contributed by atoms with Crippen molar-refractivity contribution in [2.75, 3.05) is 6.61 Å². The summed E-state index contributed by atoms with van der Waals surface area (Å²) in [5.74, 6) is -8.58. The Morgan fingerprint density at radius 2 is 1.74 bits per heavy atom. The van der Waals surface area contributed by atoms with Crippen molar-refractivity contribution in [2.45, 2.75) is 26.9 Å². The number of aliphatic hydroxyl groups excluding tert-OH is 1. The van der Waals surface area contributed by atoms with Gasteiger partial charge in [-0.25, -0.2) is 17.6 Å². The van der Waals surface area contributed by atoms with Crippen molar-refractivity contribution < 1.29 is 32.2 Å². The van der Waals surface area contributed by atoms with Crippen LogP contribution in [-0.2, 0) is 22.6 Å². The maximum absolute atomic E-state index is 14.0. The Kier molecular flexibility index (Phi) is 6.17. The van der Waals surface area contributed by atoms with Crippen molar-refractivity contribution in [3.63, 3.8) is 0 Å². The zero-order chi connectivity index (χ0) is 20.5. The second-order valence-electron chi connectivity index (χ2n) is 6.75. The number of halogens is 5. The fourth-order valence-electron chi connectivity index (χ4n) is 3.05. The first-order valence-electron chi connectivity index (χ1n) is 7.96. The lowest BCUT2D eigenvalue weighted by atomic mass is 10.1. The molecule has 0 aromatic heterocycles. The number of hydrogen-bond donors (Lipinski definition) is 1. The van der Waals surface area contributed by atoms with Gasteiger partial charge in [0.2, 0.25) is 0 Å². The second-order valence-corrected chi connectivity index (χ2v) is 7.15. The molecule has 0 aliphatic heterocycles. The van der Waals surface area contributed by atoms with Crippen molar-refractivity contribution >= 4 is 17.6 Å². The third-order valence-corrected chi connectivity index (χ3v) is 4.97. The summed E-state index contributed by atoms with van der Waals surface area (Å²) in [5.41, 5.74) is -2.56. The van der Waals surface area contributed by atoms with Crippen LogP contribution in [0.25, 0.3) is 0 Å². The minimum absolute atomic E-state index is 0.107. The van der Waals surface area contributed by atoms with E-state index in [2.05, 4.69) is 0 Å². The predicted octanol–water partition coefficient (Wildman–Crippen LogP) is 3.74. The van der Waals surface area contributed by atoms with Crippen LogP contribution in [0.3, 0.4) is 0 Å². The van der Waals surface area contributed by atoms with Crippen LogP contribution in [0.15, 0.2) is 11.1 Å². The van der Waals surface area contributed by atoms with Crippen molar-refractivity contribution in [3.05, 3.63) is 45.5 Å². The Labute approximate surface area is 158 Å². The Balaban J connectivity index is 2.18. The number of carbonyl (C=O) groups is 1. The molecule has 2 rings (SSSR count). The van der Waals surface area contributed by atoms with E-state index in [0.29, 0.717) is 0 Å². The predicted molar refractivity (Wildman–Crippen MR) is 87.2 cm³/mol. The first-order chi connectivity index (χ1) is 12.6. The van der Waals surface area contributed by atoms with Gasteiger partial charge in [-0.15, -0.1) is 0 Å². The van der Waals surface area contributed by atoms with Gasteiger partial charge in [-0.05, 0) is 11.3 Å². The van der Waals surface area contributed by atoms with Crippen LogP contribution in [0.1, 0.15) is 25.0 Å². The summed E-state index contributed by atoms with van der Waals surface area (Å²) < 4.78 is 60.6. The summed E-state index contributed by atoms with van der Waals surface area (Å²) in [5, 5.41) is 17.3. The third-order valence-electron chi connectivity index (χ3n) is 4.76. The Morgan fingerprint density at radius 1 is 1.22 bits per heavy atom. The van der Waals surface area contributed by atoms with Gasteiger partial charge in [0.15, 0.2) is 23.3 Å². The van der Waals surface area contributed by atoms with E-state index >= 15 is 0 Å². The molecule has 4 nitrogen and oxygen atoms in total. The van der Waals surface area contributed by atoms with E-state index in [-0.39, 0.29) is 5.03 Å². The Hall–Kier alpha value is -2.11. The lowest BCUT2D eigenvalue weighted by Gasteiger charge is -2.12. The molecule has 2 atom stereocenters. The molecule has 0 saturated heterocycles. The highest BCUT2D eigenvalue weighted by molar-refractivity contribution is 6.31. The normalized spacial score (nSPS) is 20.9. The summed E-state index contributed by atoms with van der Waals surface area (Å²) in [4.78, 5) is 12.2. The smallest absolute Gasteiger partial charge is 0.310 e. The standard InChI is InChI=1S/C18H16ClF4NO3/c1-18(2)11(5-8(19)6-24)12(18)17(26)27-7-10-15(22)13(20)9(3-4-25)14(21)16(10)23/h5,11-12,25H,3-4,7H2,1-2H3. The van der Waals surface area contributed by atoms with E-state index < -0.39 is 77.3 Å². The quantitative estimate of drug-likeness (QED) is 0.339. The van der Waals surface area contributed by atoms with E-state index in [4.69, 9.17) is 26.7 Å². The van der Waals surface area contributed by atoms with E-state index in [0.717, 1.165) is 0 Å². The summed E-state index contributed by atoms with van der Waals surface area (Å²) in [7, 11) is 0. The van der Waals surface area contributed by atoms with E-state index in [1.807, 2.05) is 0 Å². The molecule has 0 spiro atoms. The molecule has 1 aromatic rings. The maximum Gasteiger partial charge on any atom is 0.310 e. The van der Waals surface area contributed by atoms with E-state index in [1.165, 1.54) is 6.08 Å². The topological polar surface area (TPSA) is 70.3 Å². The molecule has 0 amide bonds. The molecule has 146 valence electrons. The fourth-order valence-corrected chi connectivity index (χ4v) is 3.18. The highest BCUT2D eigenvalue weighted by Crippen LogP contribution is 2.60. The van der Waals surface area contributed by atoms with Gasteiger partial charge in [-0.2, -0.15) is 5.26 Å². The Bertz CT molecular complexity index is 819. The molecule has 0 heterocycles. The number of nitrogens with zero attached hydrogens (tertiary/aromatic N) is 1. The summed E-state index contributed by atoms with van der Waals surface area (Å²) in [6.45, 7) is 1.73. The summed E-state index contributed by atoms with van der Waals surface area (Å²) in [6, 6.07) is 1.71. The molecule has 27 heavy (non-hydrogen) atoms. The molecular weight excluding hydrogens is 390 g/mol. The van der Waals surface area contributed by atoms with Gasteiger partial charge in [0.25, 0.3) is 0 Å². The van der Waals surface area contributed by atoms with Gasteiger partial charge in [0, 0.05) is 18.6 Å². The molecule has 9 heteroatoms. The SMILES string of the molecule is CC1(C)C(C=C(Cl)C#N)C1C(=O)OCc1c(F)c(F)c(CCO)c(F)c1F. The van der Waals surface area contributed by atoms with Gasteiger partial charge in [-0.1, -0.05) is 31.5 Å². The van der Waals surface area contributed by atoms with Crippen LogP contribution < -0.4 is 0 Å². The molecule has 1 saturated carbocycles. The molecule has 0 radical (unpaired) electrons. The zero-order valence-corrected chi connectivity index (χ0v) is 15.2. The lowest BCUT2D eigenvalue weighted by Crippen LogP contribution is -2.15. The monoisotopic (exact) mass is 405 g/mol. The van der Waals surface area contributed by atoms with Crippen LogP contribution in [0, 0.1) is 51.9 Å².